The van der Waals surface area contributed by atoms with Gasteiger partial charge in [0.1, 0.15) is 6.61 Å². The highest BCUT2D eigenvalue weighted by atomic mass is 35.5. The van der Waals surface area contributed by atoms with Crippen molar-refractivity contribution in [1.29, 1.82) is 0 Å². The van der Waals surface area contributed by atoms with E-state index in [-0.39, 0.29) is 18.6 Å². The molecule has 0 aliphatic heterocycles. The third kappa shape index (κ3) is 3.41. The lowest BCUT2D eigenvalue weighted by Gasteiger charge is -2.06. The molecule has 2 aromatic rings. The summed E-state index contributed by atoms with van der Waals surface area (Å²) in [6, 6.07) is 5.43. The average molecular weight is 285 g/mol. The van der Waals surface area contributed by atoms with Crippen molar-refractivity contribution < 1.29 is 9.53 Å². The second kappa shape index (κ2) is 5.65. The Bertz CT molecular complexity index is 568. The second-order valence-corrected chi connectivity index (χ2v) is 5.51. The van der Waals surface area contributed by atoms with E-state index in [4.69, 9.17) is 16.3 Å². The van der Waals surface area contributed by atoms with Crippen LogP contribution in [0.2, 0.25) is 5.02 Å². The largest absolute Gasteiger partial charge is 0.369 e. The van der Waals surface area contributed by atoms with Gasteiger partial charge >= 0.3 is 0 Å². The number of amides is 1. The van der Waals surface area contributed by atoms with Crippen molar-refractivity contribution in [2.24, 2.45) is 0 Å². The molecule has 6 heteroatoms. The molecule has 0 unspecified atom stereocenters. The van der Waals surface area contributed by atoms with Crippen LogP contribution in [0.3, 0.4) is 0 Å². The maximum Gasteiger partial charge on any atom is 0.252 e. The van der Waals surface area contributed by atoms with Gasteiger partial charge < -0.3 is 4.74 Å². The minimum atomic E-state index is -0.200. The number of nitrogens with zero attached hydrogens (tertiary/aromatic N) is 1. The van der Waals surface area contributed by atoms with Crippen LogP contribution in [0.4, 0.5) is 5.13 Å². The first-order chi connectivity index (χ1) is 8.54. The molecule has 2 rings (SSSR count). The number of fused-ring (bicyclic) bond motifs is 1. The number of ether oxygens (including phenoxy) is 1. The van der Waals surface area contributed by atoms with Gasteiger partial charge in [0.2, 0.25) is 0 Å². The molecule has 1 aromatic heterocycles. The maximum absolute atomic E-state index is 11.6. The number of benzene rings is 1. The molecule has 0 bridgehead atoms. The minimum Gasteiger partial charge on any atom is -0.369 e. The molecule has 0 spiro atoms. The summed E-state index contributed by atoms with van der Waals surface area (Å²) < 4.78 is 6.16. The van der Waals surface area contributed by atoms with Crippen molar-refractivity contribution in [2.75, 3.05) is 11.9 Å². The van der Waals surface area contributed by atoms with Crippen molar-refractivity contribution >= 4 is 44.2 Å². The van der Waals surface area contributed by atoms with E-state index in [2.05, 4.69) is 10.3 Å². The topological polar surface area (TPSA) is 51.2 Å². The molecule has 0 atom stereocenters. The summed E-state index contributed by atoms with van der Waals surface area (Å²) in [6.45, 7) is 3.80. The minimum absolute atomic E-state index is 0.0323. The van der Waals surface area contributed by atoms with Gasteiger partial charge in [-0.25, -0.2) is 4.98 Å². The first-order valence-electron chi connectivity index (χ1n) is 5.52. The zero-order chi connectivity index (χ0) is 13.1. The maximum atomic E-state index is 11.6. The lowest BCUT2D eigenvalue weighted by Crippen LogP contribution is -2.20. The summed E-state index contributed by atoms with van der Waals surface area (Å²) in [7, 11) is 0. The summed E-state index contributed by atoms with van der Waals surface area (Å²) in [4.78, 5) is 15.9. The summed E-state index contributed by atoms with van der Waals surface area (Å²) in [5.74, 6) is -0.200. The summed E-state index contributed by atoms with van der Waals surface area (Å²) in [6.07, 6.45) is 0.0323. The van der Waals surface area contributed by atoms with Crippen LogP contribution in [0, 0.1) is 0 Å². The Morgan fingerprint density at radius 3 is 3.06 bits per heavy atom. The summed E-state index contributed by atoms with van der Waals surface area (Å²) in [5.41, 5.74) is 0.824. The Morgan fingerprint density at radius 1 is 1.56 bits per heavy atom. The standard InChI is InChI=1S/C12H13ClN2O2S/c1-7(2)17-6-11(16)15-12-14-9-4-3-8(13)5-10(9)18-12/h3-5,7H,6H2,1-2H3,(H,14,15,16). The molecule has 1 N–H and O–H groups in total. The molecule has 0 saturated heterocycles. The quantitative estimate of drug-likeness (QED) is 0.937. The van der Waals surface area contributed by atoms with Gasteiger partial charge in [0.05, 0.1) is 16.3 Å². The molecular formula is C12H13ClN2O2S. The zero-order valence-corrected chi connectivity index (χ0v) is 11.6. The molecule has 1 amide bonds. The van der Waals surface area contributed by atoms with Gasteiger partial charge in [0.25, 0.3) is 5.91 Å². The highest BCUT2D eigenvalue weighted by Crippen LogP contribution is 2.28. The smallest absolute Gasteiger partial charge is 0.252 e. The first kappa shape index (κ1) is 13.3. The Balaban J connectivity index is 2.05. The van der Waals surface area contributed by atoms with Crippen molar-refractivity contribution in [3.8, 4) is 0 Å². The van der Waals surface area contributed by atoms with Gasteiger partial charge in [0.15, 0.2) is 5.13 Å². The monoisotopic (exact) mass is 284 g/mol. The molecule has 96 valence electrons. The number of rotatable bonds is 4. The Kier molecular flexibility index (Phi) is 4.16. The van der Waals surface area contributed by atoms with Crippen LogP contribution < -0.4 is 5.32 Å². The molecule has 0 saturated carbocycles. The van der Waals surface area contributed by atoms with E-state index in [1.54, 1.807) is 6.07 Å². The van der Waals surface area contributed by atoms with Gasteiger partial charge in [-0.05, 0) is 32.0 Å². The van der Waals surface area contributed by atoms with Gasteiger partial charge in [0, 0.05) is 5.02 Å². The zero-order valence-electron chi connectivity index (χ0n) is 10.1. The summed E-state index contributed by atoms with van der Waals surface area (Å²) >= 11 is 7.28. The molecule has 1 aromatic carbocycles. The van der Waals surface area contributed by atoms with Gasteiger partial charge in [-0.1, -0.05) is 22.9 Å². The van der Waals surface area contributed by atoms with E-state index in [1.807, 2.05) is 26.0 Å². The lowest BCUT2D eigenvalue weighted by atomic mass is 10.3. The number of nitrogens with one attached hydrogen (secondary N) is 1. The molecule has 0 fully saturated rings. The van der Waals surface area contributed by atoms with Crippen molar-refractivity contribution in [3.05, 3.63) is 23.2 Å². The summed E-state index contributed by atoms with van der Waals surface area (Å²) in [5, 5.41) is 3.93. The van der Waals surface area contributed by atoms with Crippen molar-refractivity contribution in [1.82, 2.24) is 4.98 Å². The van der Waals surface area contributed by atoms with E-state index in [0.717, 1.165) is 10.2 Å². The predicted octanol–water partition coefficient (Wildman–Crippen LogP) is 3.31. The Morgan fingerprint density at radius 2 is 2.33 bits per heavy atom. The van der Waals surface area contributed by atoms with E-state index < -0.39 is 0 Å². The number of hydrogen-bond acceptors (Lipinski definition) is 4. The van der Waals surface area contributed by atoms with Gasteiger partial charge in [-0.15, -0.1) is 0 Å². The van der Waals surface area contributed by atoms with Crippen molar-refractivity contribution in [2.45, 2.75) is 20.0 Å². The van der Waals surface area contributed by atoms with Crippen LogP contribution in [0.5, 0.6) is 0 Å². The van der Waals surface area contributed by atoms with Crippen LogP contribution in [0.1, 0.15) is 13.8 Å². The van der Waals surface area contributed by atoms with E-state index in [9.17, 15) is 4.79 Å². The fourth-order valence-electron chi connectivity index (χ4n) is 1.35. The van der Waals surface area contributed by atoms with Gasteiger partial charge in [-0.3, -0.25) is 10.1 Å². The Hall–Kier alpha value is -1.17. The van der Waals surface area contributed by atoms with E-state index in [1.165, 1.54) is 11.3 Å². The number of anilines is 1. The SMILES string of the molecule is CC(C)OCC(=O)Nc1nc2ccc(Cl)cc2s1. The van der Waals surface area contributed by atoms with Crippen LogP contribution in [0.25, 0.3) is 10.2 Å². The lowest BCUT2D eigenvalue weighted by molar-refractivity contribution is -0.121. The third-order valence-corrected chi connectivity index (χ3v) is 3.31. The van der Waals surface area contributed by atoms with Crippen LogP contribution >= 0.6 is 22.9 Å². The molecule has 1 heterocycles. The fourth-order valence-corrected chi connectivity index (χ4v) is 2.51. The van der Waals surface area contributed by atoms with Gasteiger partial charge in [-0.2, -0.15) is 0 Å². The fraction of sp³-hybridized carbons (Fsp3) is 0.333. The number of hydrogen-bond donors (Lipinski definition) is 1. The van der Waals surface area contributed by atoms with Crippen LogP contribution in [-0.2, 0) is 9.53 Å². The van der Waals surface area contributed by atoms with E-state index in [0.29, 0.717) is 10.2 Å². The highest BCUT2D eigenvalue weighted by Gasteiger charge is 2.08. The second-order valence-electron chi connectivity index (χ2n) is 4.04. The number of thiazole rings is 1. The van der Waals surface area contributed by atoms with Crippen molar-refractivity contribution in [3.63, 3.8) is 0 Å². The molecule has 0 aliphatic rings. The highest BCUT2D eigenvalue weighted by molar-refractivity contribution is 7.22. The molecular weight excluding hydrogens is 272 g/mol. The number of carbonyl (C=O) groups excluding carboxylic acids is 1. The average Bonchev–Trinajstić information content (AvgIpc) is 2.67. The molecule has 4 nitrogen and oxygen atoms in total. The number of carbonyl (C=O) groups is 1. The third-order valence-electron chi connectivity index (χ3n) is 2.14. The van der Waals surface area contributed by atoms with Crippen LogP contribution in [-0.4, -0.2) is 23.6 Å². The first-order valence-corrected chi connectivity index (χ1v) is 6.71. The van der Waals surface area contributed by atoms with Crippen LogP contribution in [0.15, 0.2) is 18.2 Å². The molecule has 18 heavy (non-hydrogen) atoms. The predicted molar refractivity (Wildman–Crippen MR) is 74.3 cm³/mol. The molecule has 0 aliphatic carbocycles. The number of halogens is 1. The number of aromatic nitrogens is 1. The Labute approximate surface area is 114 Å². The van der Waals surface area contributed by atoms with E-state index >= 15 is 0 Å². The molecule has 0 radical (unpaired) electrons. The normalized spacial score (nSPS) is 11.1.